The normalized spacial score (nSPS) is 46.1. The molecule has 4 bridgehead atoms. The summed E-state index contributed by atoms with van der Waals surface area (Å²) in [7, 11) is 0. The molecule has 8 nitrogen and oxygen atoms in total. The van der Waals surface area contributed by atoms with E-state index >= 15 is 0 Å². The number of fused-ring (bicyclic) bond motifs is 6. The van der Waals surface area contributed by atoms with Gasteiger partial charge in [-0.1, -0.05) is 24.3 Å². The van der Waals surface area contributed by atoms with Crippen LogP contribution in [0.2, 0.25) is 0 Å². The van der Waals surface area contributed by atoms with E-state index in [4.69, 9.17) is 18.9 Å². The van der Waals surface area contributed by atoms with E-state index in [2.05, 4.69) is 0 Å². The van der Waals surface area contributed by atoms with Crippen LogP contribution in [0, 0.1) is 29.6 Å². The van der Waals surface area contributed by atoms with E-state index in [1.165, 1.54) is 30.4 Å². The van der Waals surface area contributed by atoms with Gasteiger partial charge in [0.15, 0.2) is 0 Å². The van der Waals surface area contributed by atoms with Crippen LogP contribution in [0.3, 0.4) is 0 Å². The Bertz CT molecular complexity index is 959. The summed E-state index contributed by atoms with van der Waals surface area (Å²) in [5.74, 6) is -3.95. The van der Waals surface area contributed by atoms with E-state index in [0.717, 1.165) is 38.5 Å². The number of allylic oxidation sites excluding steroid dienone is 4. The Morgan fingerprint density at radius 1 is 0.788 bits per heavy atom. The van der Waals surface area contributed by atoms with E-state index in [1.807, 2.05) is 0 Å². The first-order valence-electron chi connectivity index (χ1n) is 12.0. The van der Waals surface area contributed by atoms with Gasteiger partial charge in [-0.05, 0) is 56.4 Å². The Kier molecular flexibility index (Phi) is 4.82. The molecule has 2 heterocycles. The highest BCUT2D eigenvalue weighted by Gasteiger charge is 2.60. The van der Waals surface area contributed by atoms with E-state index in [9.17, 15) is 19.5 Å². The second-order valence-corrected chi connectivity index (χ2v) is 10.3. The maximum atomic E-state index is 12.6. The topological polar surface area (TPSA) is 111 Å². The quantitative estimate of drug-likeness (QED) is 0.275. The smallest absolute Gasteiger partial charge is 0.348 e. The van der Waals surface area contributed by atoms with E-state index in [0.29, 0.717) is 24.7 Å². The van der Waals surface area contributed by atoms with Crippen molar-refractivity contribution in [3.8, 4) is 0 Å². The van der Waals surface area contributed by atoms with Crippen molar-refractivity contribution >= 4 is 17.9 Å². The van der Waals surface area contributed by atoms with E-state index in [-0.39, 0.29) is 17.4 Å². The first-order valence-corrected chi connectivity index (χ1v) is 12.0. The SMILES string of the molecule is O=C1OC2(CC3CCC2C3)OC(=O)C1=CC=CC=CC1C(=O)OC2(CC3CCC2C3)OC1[O-]. The molecule has 6 fully saturated rings. The molecule has 8 heteroatoms. The molecule has 0 aromatic rings. The van der Waals surface area contributed by atoms with Crippen molar-refractivity contribution in [1.82, 2.24) is 0 Å². The number of hydrogen-bond donors (Lipinski definition) is 0. The molecule has 33 heavy (non-hydrogen) atoms. The lowest BCUT2D eigenvalue weighted by Crippen LogP contribution is -2.58. The fraction of sp³-hybridized carbons (Fsp3) is 0.640. The van der Waals surface area contributed by atoms with Crippen LogP contribution in [0.1, 0.15) is 51.4 Å². The maximum absolute atomic E-state index is 12.6. The van der Waals surface area contributed by atoms with Crippen molar-refractivity contribution in [1.29, 1.82) is 0 Å². The summed E-state index contributed by atoms with van der Waals surface area (Å²) in [6.07, 6.45) is 12.8. The molecule has 4 aliphatic carbocycles. The van der Waals surface area contributed by atoms with Crippen molar-refractivity contribution in [2.45, 2.75) is 69.2 Å². The molecule has 2 aliphatic heterocycles. The van der Waals surface area contributed by atoms with Gasteiger partial charge in [0.1, 0.15) is 5.57 Å². The summed E-state index contributed by atoms with van der Waals surface area (Å²) >= 11 is 0. The first kappa shape index (κ1) is 21.1. The van der Waals surface area contributed by atoms with Crippen molar-refractivity contribution in [3.05, 3.63) is 36.0 Å². The molecular weight excluding hydrogens is 428 g/mol. The number of hydrogen-bond acceptors (Lipinski definition) is 8. The molecule has 6 rings (SSSR count). The third-order valence-electron chi connectivity index (χ3n) is 8.40. The van der Waals surface area contributed by atoms with Gasteiger partial charge in [0.25, 0.3) is 5.79 Å². The van der Waals surface area contributed by atoms with Crippen LogP contribution < -0.4 is 5.11 Å². The van der Waals surface area contributed by atoms with Crippen LogP contribution in [-0.2, 0) is 33.3 Å². The lowest BCUT2D eigenvalue weighted by molar-refractivity contribution is -0.539. The lowest BCUT2D eigenvalue weighted by Gasteiger charge is -2.47. The van der Waals surface area contributed by atoms with Gasteiger partial charge < -0.3 is 24.1 Å². The first-order chi connectivity index (χ1) is 15.9. The van der Waals surface area contributed by atoms with Crippen molar-refractivity contribution in [2.75, 3.05) is 0 Å². The van der Waals surface area contributed by atoms with Crippen LogP contribution >= 0.6 is 0 Å². The maximum Gasteiger partial charge on any atom is 0.348 e. The molecule has 6 aliphatic rings. The van der Waals surface area contributed by atoms with Gasteiger partial charge in [0.05, 0.1) is 5.92 Å². The standard InChI is InChI=1S/C25H27O8/c26-20-18(21(27)31-24(30-20)12-14-6-8-16(24)10-14)4-2-1-3-5-19-22(28)32-25(33-23(19)29)13-15-7-9-17(25)11-15/h1-5,14-18,20H,6-13H2/q-1. The molecule has 0 radical (unpaired) electrons. The van der Waals surface area contributed by atoms with Crippen molar-refractivity contribution in [3.63, 3.8) is 0 Å². The summed E-state index contributed by atoms with van der Waals surface area (Å²) < 4.78 is 22.5. The molecule has 0 aromatic carbocycles. The predicted octanol–water partition coefficient (Wildman–Crippen LogP) is 2.03. The number of ether oxygens (including phenoxy) is 4. The number of rotatable bonds is 3. The zero-order valence-electron chi connectivity index (χ0n) is 18.3. The van der Waals surface area contributed by atoms with Gasteiger partial charge in [-0.25, -0.2) is 9.59 Å². The fourth-order valence-corrected chi connectivity index (χ4v) is 6.85. The zero-order chi connectivity index (χ0) is 22.8. The Morgan fingerprint density at radius 3 is 1.97 bits per heavy atom. The molecule has 0 aromatic heterocycles. The second-order valence-electron chi connectivity index (χ2n) is 10.3. The number of esters is 3. The van der Waals surface area contributed by atoms with Crippen LogP contribution in [0.25, 0.3) is 0 Å². The molecule has 0 amide bonds. The number of carbonyl (C=O) groups excluding carboxylic acids is 3. The third-order valence-corrected chi connectivity index (χ3v) is 8.40. The summed E-state index contributed by atoms with van der Waals surface area (Å²) in [5, 5.41) is 12.6. The summed E-state index contributed by atoms with van der Waals surface area (Å²) in [6.45, 7) is 0. The fourth-order valence-electron chi connectivity index (χ4n) is 6.85. The van der Waals surface area contributed by atoms with Gasteiger partial charge in [-0.3, -0.25) is 4.79 Å². The Balaban J connectivity index is 1.07. The largest absolute Gasteiger partial charge is 0.830 e. The minimum absolute atomic E-state index is 0.0893. The molecule has 2 spiro atoms. The molecule has 4 saturated carbocycles. The number of carbonyl (C=O) groups is 3. The zero-order valence-corrected chi connectivity index (χ0v) is 18.3. The van der Waals surface area contributed by atoms with Gasteiger partial charge in [-0.15, -0.1) is 0 Å². The molecule has 0 N–H and O–H groups in total. The Hall–Kier alpha value is -2.45. The second kappa shape index (κ2) is 7.53. The van der Waals surface area contributed by atoms with Crippen molar-refractivity contribution < 1.29 is 38.4 Å². The van der Waals surface area contributed by atoms with Crippen LogP contribution in [0.15, 0.2) is 36.0 Å². The lowest BCUT2D eigenvalue weighted by atomic mass is 9.92. The van der Waals surface area contributed by atoms with E-state index < -0.39 is 41.7 Å². The van der Waals surface area contributed by atoms with E-state index in [1.54, 1.807) is 0 Å². The highest BCUT2D eigenvalue weighted by Crippen LogP contribution is 2.55. The average molecular weight is 455 g/mol. The predicted molar refractivity (Wildman–Crippen MR) is 109 cm³/mol. The Labute approximate surface area is 191 Å². The van der Waals surface area contributed by atoms with Crippen LogP contribution in [0.5, 0.6) is 0 Å². The average Bonchev–Trinajstić information content (AvgIpc) is 3.52. The monoisotopic (exact) mass is 455 g/mol. The summed E-state index contributed by atoms with van der Waals surface area (Å²) in [5.41, 5.74) is -0.173. The minimum atomic E-state index is -1.52. The van der Waals surface area contributed by atoms with Gasteiger partial charge in [0.2, 0.25) is 5.79 Å². The third kappa shape index (κ3) is 3.37. The minimum Gasteiger partial charge on any atom is -0.830 e. The molecule has 7 atom stereocenters. The van der Waals surface area contributed by atoms with Gasteiger partial charge in [0, 0.05) is 31.0 Å². The van der Waals surface area contributed by atoms with Gasteiger partial charge >= 0.3 is 17.9 Å². The Morgan fingerprint density at radius 2 is 1.42 bits per heavy atom. The highest BCUT2D eigenvalue weighted by molar-refractivity contribution is 6.15. The summed E-state index contributed by atoms with van der Waals surface area (Å²) in [4.78, 5) is 37.4. The molecule has 2 saturated heterocycles. The molecular formula is C25H27O8-. The van der Waals surface area contributed by atoms with Crippen molar-refractivity contribution in [2.24, 2.45) is 29.6 Å². The summed E-state index contributed by atoms with van der Waals surface area (Å²) in [6, 6.07) is 0. The van der Waals surface area contributed by atoms with Crippen LogP contribution in [0.4, 0.5) is 0 Å². The molecule has 7 unspecified atom stereocenters. The molecule has 176 valence electrons. The van der Waals surface area contributed by atoms with Crippen LogP contribution in [-0.4, -0.2) is 35.8 Å². The highest BCUT2D eigenvalue weighted by atomic mass is 16.8. The van der Waals surface area contributed by atoms with Gasteiger partial charge in [-0.2, -0.15) is 0 Å².